The van der Waals surface area contributed by atoms with E-state index < -0.39 is 23.7 Å². The lowest BCUT2D eigenvalue weighted by Gasteiger charge is -2.23. The Bertz CT molecular complexity index is 1530. The van der Waals surface area contributed by atoms with E-state index in [1.165, 1.54) is 19.1 Å². The third-order valence-electron chi connectivity index (χ3n) is 6.79. The maximum atomic E-state index is 13.6. The van der Waals surface area contributed by atoms with Gasteiger partial charge in [0.15, 0.2) is 16.6 Å². The lowest BCUT2D eigenvalue weighted by Crippen LogP contribution is -2.29. The minimum Gasteiger partial charge on any atom is -0.507 e. The first-order chi connectivity index (χ1) is 20.6. The third kappa shape index (κ3) is 6.67. The monoisotopic (exact) mass is 608 g/mol. The summed E-state index contributed by atoms with van der Waals surface area (Å²) in [5.41, 5.74) is 1.03. The zero-order chi connectivity index (χ0) is 31.3. The Morgan fingerprint density at radius 3 is 2.40 bits per heavy atom. The Labute approximate surface area is 254 Å². The Hall–Kier alpha value is -4.38. The number of benzene rings is 2. The van der Waals surface area contributed by atoms with Gasteiger partial charge in [0.05, 0.1) is 44.7 Å². The van der Waals surface area contributed by atoms with Gasteiger partial charge in [0.2, 0.25) is 0 Å². The van der Waals surface area contributed by atoms with E-state index in [0.29, 0.717) is 40.7 Å². The number of methoxy groups -OCH3 is 2. The molecule has 0 spiro atoms. The summed E-state index contributed by atoms with van der Waals surface area (Å²) in [6, 6.07) is 10.6. The van der Waals surface area contributed by atoms with Crippen molar-refractivity contribution in [2.75, 3.05) is 32.3 Å². The molecule has 3 aromatic rings. The summed E-state index contributed by atoms with van der Waals surface area (Å²) in [5.74, 6) is -1.13. The fraction of sp³-hybridized carbons (Fsp3) is 0.375. The van der Waals surface area contributed by atoms with E-state index in [2.05, 4.69) is 11.9 Å². The van der Waals surface area contributed by atoms with Gasteiger partial charge in [0, 0.05) is 5.56 Å². The lowest BCUT2D eigenvalue weighted by atomic mass is 9.95. The third-order valence-corrected chi connectivity index (χ3v) is 7.92. The molecule has 1 aromatic heterocycles. The van der Waals surface area contributed by atoms with Crippen molar-refractivity contribution < 1.29 is 38.4 Å². The summed E-state index contributed by atoms with van der Waals surface area (Å²) in [4.78, 5) is 45.9. The molecule has 2 heterocycles. The van der Waals surface area contributed by atoms with Crippen LogP contribution < -0.4 is 19.1 Å². The Balaban J connectivity index is 1.83. The molecule has 0 bridgehead atoms. The van der Waals surface area contributed by atoms with Crippen LogP contribution in [-0.2, 0) is 14.3 Å². The van der Waals surface area contributed by atoms with Crippen LogP contribution in [0.3, 0.4) is 0 Å². The Kier molecular flexibility index (Phi) is 10.1. The van der Waals surface area contributed by atoms with Crippen molar-refractivity contribution in [1.82, 2.24) is 4.98 Å². The minimum atomic E-state index is -1.08. The van der Waals surface area contributed by atoms with Crippen molar-refractivity contribution in [3.8, 4) is 17.2 Å². The van der Waals surface area contributed by atoms with E-state index >= 15 is 0 Å². The molecule has 0 radical (unpaired) electrons. The van der Waals surface area contributed by atoms with Gasteiger partial charge in [-0.15, -0.1) is 0 Å². The summed E-state index contributed by atoms with van der Waals surface area (Å²) in [7, 11) is 2.97. The van der Waals surface area contributed by atoms with Crippen molar-refractivity contribution in [3.05, 3.63) is 69.7 Å². The SMILES string of the molecule is CCCCOc1ccc(C(O)=C2C(=O)C(=O)N(c3nc(C)c(C(=O)OCC(C)C)s3)C2c2ccc(OC)c(OC)c2)cc1. The van der Waals surface area contributed by atoms with Gasteiger partial charge in [0.25, 0.3) is 5.78 Å². The molecule has 2 aromatic carbocycles. The Morgan fingerprint density at radius 1 is 1.07 bits per heavy atom. The Morgan fingerprint density at radius 2 is 1.77 bits per heavy atom. The number of ether oxygens (including phenoxy) is 4. The van der Waals surface area contributed by atoms with Gasteiger partial charge in [-0.25, -0.2) is 9.78 Å². The number of aliphatic hydroxyl groups is 1. The first kappa shape index (κ1) is 31.6. The largest absolute Gasteiger partial charge is 0.507 e. The van der Waals surface area contributed by atoms with Crippen LogP contribution in [0.1, 0.15) is 66.1 Å². The normalized spacial score (nSPS) is 16.1. The highest BCUT2D eigenvalue weighted by Gasteiger charge is 2.48. The predicted octanol–water partition coefficient (Wildman–Crippen LogP) is 6.09. The number of aryl methyl sites for hydroxylation is 1. The predicted molar refractivity (Wildman–Crippen MR) is 163 cm³/mol. The highest BCUT2D eigenvalue weighted by atomic mass is 32.1. The quantitative estimate of drug-likeness (QED) is 0.0855. The molecule has 1 amide bonds. The van der Waals surface area contributed by atoms with Crippen LogP contribution in [0.5, 0.6) is 17.2 Å². The maximum absolute atomic E-state index is 13.6. The van der Waals surface area contributed by atoms with Crippen LogP contribution in [0, 0.1) is 12.8 Å². The zero-order valence-corrected chi connectivity index (χ0v) is 25.9. The number of thiazole rings is 1. The highest BCUT2D eigenvalue weighted by molar-refractivity contribution is 7.17. The number of carbonyl (C=O) groups excluding carboxylic acids is 3. The molecule has 1 atom stereocenters. The molecule has 1 aliphatic rings. The van der Waals surface area contributed by atoms with Gasteiger partial charge in [-0.2, -0.15) is 0 Å². The molecular weight excluding hydrogens is 572 g/mol. The van der Waals surface area contributed by atoms with Crippen LogP contribution in [0.25, 0.3) is 5.76 Å². The lowest BCUT2D eigenvalue weighted by molar-refractivity contribution is -0.132. The molecule has 1 N–H and O–H groups in total. The van der Waals surface area contributed by atoms with E-state index in [4.69, 9.17) is 18.9 Å². The first-order valence-corrected chi connectivity index (χ1v) is 14.8. The zero-order valence-electron chi connectivity index (χ0n) is 25.1. The fourth-order valence-corrected chi connectivity index (χ4v) is 5.54. The number of amides is 1. The molecule has 0 saturated carbocycles. The summed E-state index contributed by atoms with van der Waals surface area (Å²) < 4.78 is 22.0. The average molecular weight is 609 g/mol. The van der Waals surface area contributed by atoms with Crippen molar-refractivity contribution in [2.24, 2.45) is 5.92 Å². The smallest absolute Gasteiger partial charge is 0.350 e. The second-order valence-corrected chi connectivity index (χ2v) is 11.4. The van der Waals surface area contributed by atoms with Gasteiger partial charge in [-0.3, -0.25) is 14.5 Å². The van der Waals surface area contributed by atoms with Gasteiger partial charge < -0.3 is 24.1 Å². The van der Waals surface area contributed by atoms with Crippen LogP contribution in [-0.4, -0.2) is 55.2 Å². The summed E-state index contributed by atoms with van der Waals surface area (Å²) in [6.45, 7) is 8.34. The highest BCUT2D eigenvalue weighted by Crippen LogP contribution is 2.45. The number of hydrogen-bond acceptors (Lipinski definition) is 10. The van der Waals surface area contributed by atoms with Crippen LogP contribution in [0.4, 0.5) is 5.13 Å². The first-order valence-electron chi connectivity index (χ1n) is 14.0. The topological polar surface area (TPSA) is 124 Å². The van der Waals surface area contributed by atoms with Crippen LogP contribution >= 0.6 is 11.3 Å². The molecule has 228 valence electrons. The minimum absolute atomic E-state index is 0.120. The second kappa shape index (κ2) is 13.7. The molecule has 10 nitrogen and oxygen atoms in total. The molecule has 1 unspecified atom stereocenters. The van der Waals surface area contributed by atoms with Gasteiger partial charge in [-0.1, -0.05) is 44.6 Å². The molecule has 1 saturated heterocycles. The van der Waals surface area contributed by atoms with E-state index in [9.17, 15) is 19.5 Å². The number of aromatic nitrogens is 1. The fourth-order valence-electron chi connectivity index (χ4n) is 4.55. The molecule has 4 rings (SSSR count). The number of aliphatic hydroxyl groups excluding tert-OH is 1. The van der Waals surface area contributed by atoms with Gasteiger partial charge in [-0.05, 0) is 61.2 Å². The average Bonchev–Trinajstić information content (AvgIpc) is 3.51. The molecule has 11 heteroatoms. The van der Waals surface area contributed by atoms with E-state index in [1.54, 1.807) is 49.4 Å². The number of unbranched alkanes of at least 4 members (excludes halogenated alkanes) is 1. The van der Waals surface area contributed by atoms with Gasteiger partial charge in [0.1, 0.15) is 16.4 Å². The molecule has 43 heavy (non-hydrogen) atoms. The summed E-state index contributed by atoms with van der Waals surface area (Å²) >= 11 is 0.950. The number of hydrogen-bond donors (Lipinski definition) is 1. The number of rotatable bonds is 12. The van der Waals surface area contributed by atoms with E-state index in [1.807, 2.05) is 13.8 Å². The number of anilines is 1. The van der Waals surface area contributed by atoms with E-state index in [0.717, 1.165) is 24.2 Å². The van der Waals surface area contributed by atoms with Crippen LogP contribution in [0.15, 0.2) is 48.0 Å². The van der Waals surface area contributed by atoms with Crippen LogP contribution in [0.2, 0.25) is 0 Å². The van der Waals surface area contributed by atoms with Crippen molar-refractivity contribution in [1.29, 1.82) is 0 Å². The second-order valence-electron chi connectivity index (χ2n) is 10.4. The molecule has 1 fully saturated rings. The van der Waals surface area contributed by atoms with Crippen molar-refractivity contribution in [3.63, 3.8) is 0 Å². The summed E-state index contributed by atoms with van der Waals surface area (Å²) in [6.07, 6.45) is 1.90. The number of nitrogens with zero attached hydrogens (tertiary/aromatic N) is 2. The molecule has 1 aliphatic heterocycles. The molecular formula is C32H36N2O8S. The maximum Gasteiger partial charge on any atom is 0.350 e. The number of carbonyl (C=O) groups is 3. The number of Topliss-reactive ketones (excluding diaryl/α,β-unsaturated/α-hetero) is 1. The molecule has 0 aliphatic carbocycles. The van der Waals surface area contributed by atoms with Crippen molar-refractivity contribution >= 4 is 39.9 Å². The standard InChI is InChI=1S/C32H36N2O8S/c1-7-8-15-41-22-12-9-20(10-13-22)27(35)25-26(21-11-14-23(39-5)24(16-21)40-6)34(30(37)28(25)36)32-33-19(4)29(43-32)31(38)42-17-18(2)3/h9-14,16,18,26,35H,7-8,15,17H2,1-6H3. The number of ketones is 1. The summed E-state index contributed by atoms with van der Waals surface area (Å²) in [5, 5.41) is 11.6. The van der Waals surface area contributed by atoms with E-state index in [-0.39, 0.29) is 33.9 Å². The van der Waals surface area contributed by atoms with Gasteiger partial charge >= 0.3 is 11.9 Å². The number of esters is 1. The van der Waals surface area contributed by atoms with Crippen molar-refractivity contribution in [2.45, 2.75) is 46.6 Å².